The maximum Gasteiger partial charge on any atom is 0.319 e. The van der Waals surface area contributed by atoms with Gasteiger partial charge in [-0.05, 0) is 62.1 Å². The molecule has 1 aliphatic carbocycles. The Bertz CT molecular complexity index is 1070. The Kier molecular flexibility index (Phi) is 4.50. The van der Waals surface area contributed by atoms with Crippen molar-refractivity contribution in [3.8, 4) is 0 Å². The van der Waals surface area contributed by atoms with Crippen LogP contribution in [0.4, 0.5) is 14.9 Å². The van der Waals surface area contributed by atoms with Gasteiger partial charge in [0.2, 0.25) is 5.91 Å². The predicted octanol–water partition coefficient (Wildman–Crippen LogP) is 4.25. The van der Waals surface area contributed by atoms with Gasteiger partial charge in [0.25, 0.3) is 0 Å². The first-order valence-corrected chi connectivity index (χ1v) is 9.08. The van der Waals surface area contributed by atoms with E-state index in [9.17, 15) is 14.0 Å². The second-order valence-corrected chi connectivity index (χ2v) is 7.09. The van der Waals surface area contributed by atoms with Crippen LogP contribution in [0.1, 0.15) is 40.6 Å². The summed E-state index contributed by atoms with van der Waals surface area (Å²) in [6, 6.07) is 10.1. The molecule has 0 radical (unpaired) electrons. The average Bonchev–Trinajstić information content (AvgIpc) is 3.45. The molecular formula is C21H20FN3O3. The van der Waals surface area contributed by atoms with E-state index >= 15 is 0 Å². The van der Waals surface area contributed by atoms with Gasteiger partial charge in [-0.25, -0.2) is 9.18 Å². The number of carbonyl (C=O) groups excluding carboxylic acids is 2. The van der Waals surface area contributed by atoms with Gasteiger partial charge in [0, 0.05) is 22.2 Å². The molecule has 0 spiro atoms. The lowest BCUT2D eigenvalue weighted by Gasteiger charge is -2.18. The number of carbonyl (C=O) groups is 2. The molecule has 6 nitrogen and oxygen atoms in total. The van der Waals surface area contributed by atoms with Crippen molar-refractivity contribution in [3.63, 3.8) is 0 Å². The summed E-state index contributed by atoms with van der Waals surface area (Å²) >= 11 is 0. The van der Waals surface area contributed by atoms with Crippen LogP contribution in [0.2, 0.25) is 0 Å². The summed E-state index contributed by atoms with van der Waals surface area (Å²) in [5.41, 5.74) is 7.47. The van der Waals surface area contributed by atoms with Gasteiger partial charge in [-0.15, -0.1) is 0 Å². The zero-order valence-corrected chi connectivity index (χ0v) is 15.3. The largest absolute Gasteiger partial charge is 0.459 e. The Morgan fingerprint density at radius 3 is 2.71 bits per heavy atom. The number of nitrogens with one attached hydrogen (secondary N) is 2. The summed E-state index contributed by atoms with van der Waals surface area (Å²) in [5, 5.41) is 6.38. The molecule has 4 N–H and O–H groups in total. The van der Waals surface area contributed by atoms with Crippen LogP contribution < -0.4 is 16.4 Å². The highest BCUT2D eigenvalue weighted by atomic mass is 19.1. The minimum atomic E-state index is -0.565. The molecule has 0 unspecified atom stereocenters. The van der Waals surface area contributed by atoms with Gasteiger partial charge < -0.3 is 20.8 Å². The highest BCUT2D eigenvalue weighted by Gasteiger charge is 2.37. The number of urea groups is 1. The van der Waals surface area contributed by atoms with E-state index in [2.05, 4.69) is 10.6 Å². The van der Waals surface area contributed by atoms with Crippen molar-refractivity contribution in [2.45, 2.75) is 25.8 Å². The van der Waals surface area contributed by atoms with E-state index in [0.717, 1.165) is 18.4 Å². The van der Waals surface area contributed by atoms with Crippen molar-refractivity contribution in [2.75, 3.05) is 5.32 Å². The van der Waals surface area contributed by atoms with Crippen molar-refractivity contribution in [2.24, 2.45) is 11.7 Å². The molecular weight excluding hydrogens is 361 g/mol. The molecule has 1 aliphatic rings. The molecule has 3 amide bonds. The van der Waals surface area contributed by atoms with E-state index in [0.29, 0.717) is 28.0 Å². The zero-order valence-electron chi connectivity index (χ0n) is 15.3. The van der Waals surface area contributed by atoms with Crippen LogP contribution in [0.3, 0.4) is 0 Å². The number of fused-ring (bicyclic) bond motifs is 1. The molecule has 1 atom stereocenters. The monoisotopic (exact) mass is 381 g/mol. The molecule has 3 aromatic rings. The van der Waals surface area contributed by atoms with Crippen LogP contribution in [-0.4, -0.2) is 11.9 Å². The smallest absolute Gasteiger partial charge is 0.319 e. The molecule has 2 aromatic carbocycles. The fraction of sp³-hybridized carbons (Fsp3) is 0.238. The molecule has 0 bridgehead atoms. The highest BCUT2D eigenvalue weighted by Crippen LogP contribution is 2.44. The lowest BCUT2D eigenvalue weighted by Crippen LogP contribution is -2.33. The molecule has 7 heteroatoms. The molecule has 144 valence electrons. The topological polar surface area (TPSA) is 97.4 Å². The molecule has 1 saturated carbocycles. The van der Waals surface area contributed by atoms with Crippen LogP contribution in [0.25, 0.3) is 11.0 Å². The summed E-state index contributed by atoms with van der Waals surface area (Å²) in [6.45, 7) is 1.87. The maximum absolute atomic E-state index is 13.6. The Balaban J connectivity index is 1.56. The zero-order chi connectivity index (χ0) is 19.8. The van der Waals surface area contributed by atoms with Crippen LogP contribution >= 0.6 is 0 Å². The lowest BCUT2D eigenvalue weighted by molar-refractivity contribution is 0.1000. The van der Waals surface area contributed by atoms with Gasteiger partial charge in [0.15, 0.2) is 0 Å². The average molecular weight is 381 g/mol. The van der Waals surface area contributed by atoms with Crippen LogP contribution in [-0.2, 0) is 0 Å². The van der Waals surface area contributed by atoms with Gasteiger partial charge in [0.1, 0.15) is 17.2 Å². The highest BCUT2D eigenvalue weighted by molar-refractivity contribution is 5.96. The van der Waals surface area contributed by atoms with Crippen LogP contribution in [0, 0.1) is 18.7 Å². The Hall–Kier alpha value is -3.35. The number of primary amides is 1. The van der Waals surface area contributed by atoms with E-state index < -0.39 is 11.9 Å². The third-order valence-corrected chi connectivity index (χ3v) is 5.00. The number of rotatable bonds is 5. The molecule has 1 heterocycles. The number of amides is 3. The number of hydrogen-bond donors (Lipinski definition) is 3. The molecule has 1 aromatic heterocycles. The Labute approximate surface area is 160 Å². The number of nitrogens with two attached hydrogens (primary N) is 1. The van der Waals surface area contributed by atoms with E-state index in [1.165, 1.54) is 18.2 Å². The van der Waals surface area contributed by atoms with Gasteiger partial charge in [-0.3, -0.25) is 4.79 Å². The molecule has 4 rings (SSSR count). The van der Waals surface area contributed by atoms with Gasteiger partial charge in [-0.2, -0.15) is 0 Å². The summed E-state index contributed by atoms with van der Waals surface area (Å²) in [5.74, 6) is 0.0203. The first kappa shape index (κ1) is 18.0. The quantitative estimate of drug-likeness (QED) is 0.616. The molecule has 0 saturated heterocycles. The first-order chi connectivity index (χ1) is 13.4. The molecule has 28 heavy (non-hydrogen) atoms. The third kappa shape index (κ3) is 3.55. The summed E-state index contributed by atoms with van der Waals surface area (Å²) < 4.78 is 19.5. The van der Waals surface area contributed by atoms with Crippen molar-refractivity contribution in [3.05, 3.63) is 65.2 Å². The van der Waals surface area contributed by atoms with Crippen LogP contribution in [0.5, 0.6) is 0 Å². The Morgan fingerprint density at radius 2 is 2.00 bits per heavy atom. The van der Waals surface area contributed by atoms with Crippen molar-refractivity contribution >= 4 is 28.6 Å². The fourth-order valence-electron chi connectivity index (χ4n) is 3.39. The summed E-state index contributed by atoms with van der Waals surface area (Å²) in [7, 11) is 0. The summed E-state index contributed by atoms with van der Waals surface area (Å²) in [4.78, 5) is 23.9. The maximum atomic E-state index is 13.6. The Morgan fingerprint density at radius 1 is 1.21 bits per heavy atom. The standard InChI is InChI=1S/C21H20FN3O3/c1-11-16-10-14(22)7-8-17(16)28-19(11)18(12-5-6-12)25-21(27)24-15-4-2-3-13(9-15)20(23)26/h2-4,7-10,12,18H,5-6H2,1H3,(H2,23,26)(H2,24,25,27)/t18-/m1/s1. The third-order valence-electron chi connectivity index (χ3n) is 5.00. The SMILES string of the molecule is Cc1c([C@H](NC(=O)Nc2cccc(C(N)=O)c2)C2CC2)oc2ccc(F)cc12. The van der Waals surface area contributed by atoms with Gasteiger partial charge in [0.05, 0.1) is 6.04 Å². The lowest BCUT2D eigenvalue weighted by atomic mass is 10.0. The normalized spacial score (nSPS) is 14.6. The van der Waals surface area contributed by atoms with Crippen LogP contribution in [0.15, 0.2) is 46.9 Å². The van der Waals surface area contributed by atoms with Gasteiger partial charge >= 0.3 is 6.03 Å². The number of benzene rings is 2. The second-order valence-electron chi connectivity index (χ2n) is 7.09. The number of furan rings is 1. The molecule has 0 aliphatic heterocycles. The molecule has 1 fully saturated rings. The van der Waals surface area contributed by atoms with E-state index in [1.807, 2.05) is 6.92 Å². The van der Waals surface area contributed by atoms with Crippen molar-refractivity contribution in [1.82, 2.24) is 5.32 Å². The summed E-state index contributed by atoms with van der Waals surface area (Å²) in [6.07, 6.45) is 1.96. The van der Waals surface area contributed by atoms with Crippen molar-refractivity contribution in [1.29, 1.82) is 0 Å². The predicted molar refractivity (Wildman–Crippen MR) is 103 cm³/mol. The minimum absolute atomic E-state index is 0.270. The van der Waals surface area contributed by atoms with E-state index in [1.54, 1.807) is 24.3 Å². The number of hydrogen-bond acceptors (Lipinski definition) is 3. The van der Waals surface area contributed by atoms with E-state index in [-0.39, 0.29) is 17.8 Å². The van der Waals surface area contributed by atoms with Crippen molar-refractivity contribution < 1.29 is 18.4 Å². The number of anilines is 1. The van der Waals surface area contributed by atoms with E-state index in [4.69, 9.17) is 10.2 Å². The number of aryl methyl sites for hydroxylation is 1. The van der Waals surface area contributed by atoms with Gasteiger partial charge in [-0.1, -0.05) is 6.07 Å². The first-order valence-electron chi connectivity index (χ1n) is 9.08. The fourth-order valence-corrected chi connectivity index (χ4v) is 3.39. The second kappa shape index (κ2) is 6.99. The number of halogens is 1. The minimum Gasteiger partial charge on any atom is -0.459 e.